The van der Waals surface area contributed by atoms with E-state index in [4.69, 9.17) is 28.9 Å². The Morgan fingerprint density at radius 2 is 2.36 bits per heavy atom. The summed E-state index contributed by atoms with van der Waals surface area (Å²) in [6, 6.07) is 2.08. The maximum atomic E-state index is 6.03. The Kier molecular flexibility index (Phi) is 2.81. The van der Waals surface area contributed by atoms with Crippen molar-refractivity contribution in [2.45, 2.75) is 12.5 Å². The van der Waals surface area contributed by atoms with Gasteiger partial charge in [-0.15, -0.1) is 0 Å². The second-order valence-electron chi connectivity index (χ2n) is 3.33. The summed E-state index contributed by atoms with van der Waals surface area (Å²) in [6.45, 7) is 1.61. The molecule has 2 rings (SSSR count). The zero-order chi connectivity index (χ0) is 10.1. The van der Waals surface area contributed by atoms with Crippen LogP contribution < -0.4 is 10.6 Å². The maximum Gasteiger partial charge on any atom is 0.147 e. The van der Waals surface area contributed by atoms with Gasteiger partial charge in [0.1, 0.15) is 5.82 Å². The van der Waals surface area contributed by atoms with Crippen LogP contribution in [-0.4, -0.2) is 24.1 Å². The highest BCUT2D eigenvalue weighted by molar-refractivity contribution is 6.36. The van der Waals surface area contributed by atoms with Crippen LogP contribution >= 0.6 is 23.2 Å². The van der Waals surface area contributed by atoms with Crippen LogP contribution in [-0.2, 0) is 0 Å². The van der Waals surface area contributed by atoms with Gasteiger partial charge < -0.3 is 10.6 Å². The van der Waals surface area contributed by atoms with Crippen molar-refractivity contribution in [1.29, 1.82) is 0 Å². The molecule has 1 aliphatic heterocycles. The van der Waals surface area contributed by atoms with Gasteiger partial charge in [-0.2, -0.15) is 0 Å². The first kappa shape index (κ1) is 10.0. The summed E-state index contributed by atoms with van der Waals surface area (Å²) < 4.78 is 0. The highest BCUT2D eigenvalue weighted by Crippen LogP contribution is 2.31. The van der Waals surface area contributed by atoms with Crippen LogP contribution in [0.25, 0.3) is 0 Å². The number of anilines is 1. The fourth-order valence-electron chi connectivity index (χ4n) is 1.58. The highest BCUT2D eigenvalue weighted by atomic mass is 35.5. The Balaban J connectivity index is 2.24. The first-order valence-corrected chi connectivity index (χ1v) is 5.25. The minimum absolute atomic E-state index is 0.376. The van der Waals surface area contributed by atoms with Crippen molar-refractivity contribution in [3.63, 3.8) is 0 Å². The molecular weight excluding hydrogens is 221 g/mol. The van der Waals surface area contributed by atoms with Gasteiger partial charge in [-0.05, 0) is 12.5 Å². The van der Waals surface area contributed by atoms with Crippen molar-refractivity contribution in [3.05, 3.63) is 22.3 Å². The number of hydrogen-bond donors (Lipinski definition) is 1. The van der Waals surface area contributed by atoms with Crippen molar-refractivity contribution in [3.8, 4) is 0 Å². The number of halogens is 2. The van der Waals surface area contributed by atoms with E-state index in [1.165, 1.54) is 0 Å². The molecule has 1 aromatic rings. The summed E-state index contributed by atoms with van der Waals surface area (Å²) in [7, 11) is 0. The van der Waals surface area contributed by atoms with E-state index in [9.17, 15) is 0 Å². The summed E-state index contributed by atoms with van der Waals surface area (Å²) in [5.74, 6) is 0.790. The molecule has 1 saturated heterocycles. The lowest BCUT2D eigenvalue weighted by Gasteiger charge is -2.41. The lowest BCUT2D eigenvalue weighted by Crippen LogP contribution is -2.52. The van der Waals surface area contributed by atoms with E-state index in [1.54, 1.807) is 12.3 Å². The van der Waals surface area contributed by atoms with E-state index in [0.717, 1.165) is 18.8 Å². The zero-order valence-electron chi connectivity index (χ0n) is 7.58. The van der Waals surface area contributed by atoms with Crippen LogP contribution in [0, 0.1) is 0 Å². The third kappa shape index (κ3) is 1.67. The number of aromatic nitrogens is 1. The molecule has 14 heavy (non-hydrogen) atoms. The second-order valence-corrected chi connectivity index (χ2v) is 4.17. The van der Waals surface area contributed by atoms with Crippen molar-refractivity contribution >= 4 is 29.0 Å². The Morgan fingerprint density at radius 1 is 1.57 bits per heavy atom. The molecule has 1 aromatic heterocycles. The van der Waals surface area contributed by atoms with Crippen LogP contribution in [0.2, 0.25) is 10.0 Å². The molecule has 2 heterocycles. The molecule has 0 aliphatic carbocycles. The smallest absolute Gasteiger partial charge is 0.147 e. The minimum Gasteiger partial charge on any atom is -0.351 e. The SMILES string of the molecule is NCC1CCN1c1ncc(Cl)cc1Cl. The summed E-state index contributed by atoms with van der Waals surface area (Å²) >= 11 is 11.8. The molecule has 2 N–H and O–H groups in total. The number of hydrogen-bond acceptors (Lipinski definition) is 3. The molecule has 1 fully saturated rings. The number of nitrogens with zero attached hydrogens (tertiary/aromatic N) is 2. The van der Waals surface area contributed by atoms with E-state index < -0.39 is 0 Å². The Hall–Kier alpha value is -0.510. The van der Waals surface area contributed by atoms with E-state index in [-0.39, 0.29) is 0 Å². The Bertz CT molecular complexity index is 341. The maximum absolute atomic E-state index is 6.03. The van der Waals surface area contributed by atoms with Crippen LogP contribution in [0.1, 0.15) is 6.42 Å². The fourth-order valence-corrected chi connectivity index (χ4v) is 2.07. The number of nitrogens with two attached hydrogens (primary N) is 1. The van der Waals surface area contributed by atoms with E-state index in [2.05, 4.69) is 9.88 Å². The first-order chi connectivity index (χ1) is 6.72. The highest BCUT2D eigenvalue weighted by Gasteiger charge is 2.29. The van der Waals surface area contributed by atoms with E-state index in [0.29, 0.717) is 22.6 Å². The predicted octanol–water partition coefficient (Wildman–Crippen LogP) is 1.93. The van der Waals surface area contributed by atoms with Crippen LogP contribution in [0.5, 0.6) is 0 Å². The molecule has 0 amide bonds. The van der Waals surface area contributed by atoms with Gasteiger partial charge in [0, 0.05) is 25.3 Å². The van der Waals surface area contributed by atoms with E-state index in [1.807, 2.05) is 0 Å². The van der Waals surface area contributed by atoms with Crippen molar-refractivity contribution in [2.75, 3.05) is 18.0 Å². The number of rotatable bonds is 2. The predicted molar refractivity (Wildman–Crippen MR) is 59.1 cm³/mol. The lowest BCUT2D eigenvalue weighted by molar-refractivity contribution is 0.452. The van der Waals surface area contributed by atoms with E-state index >= 15 is 0 Å². The lowest BCUT2D eigenvalue weighted by atomic mass is 10.0. The molecule has 1 unspecified atom stereocenters. The average Bonchev–Trinajstić information content (AvgIpc) is 2.08. The monoisotopic (exact) mass is 231 g/mol. The molecule has 0 radical (unpaired) electrons. The zero-order valence-corrected chi connectivity index (χ0v) is 9.09. The van der Waals surface area contributed by atoms with Gasteiger partial charge in [-0.25, -0.2) is 4.98 Å². The van der Waals surface area contributed by atoms with Crippen molar-refractivity contribution in [2.24, 2.45) is 5.73 Å². The first-order valence-electron chi connectivity index (χ1n) is 4.50. The van der Waals surface area contributed by atoms with Crippen molar-refractivity contribution in [1.82, 2.24) is 4.98 Å². The Labute approximate surface area is 92.8 Å². The molecule has 0 saturated carbocycles. The molecule has 5 heteroatoms. The molecule has 0 bridgehead atoms. The molecule has 1 atom stereocenters. The largest absolute Gasteiger partial charge is 0.351 e. The van der Waals surface area contributed by atoms with Gasteiger partial charge in [-0.1, -0.05) is 23.2 Å². The third-order valence-electron chi connectivity index (χ3n) is 2.48. The topological polar surface area (TPSA) is 42.1 Å². The molecule has 0 aromatic carbocycles. The van der Waals surface area contributed by atoms with Gasteiger partial charge in [0.15, 0.2) is 0 Å². The van der Waals surface area contributed by atoms with Crippen LogP contribution in [0.3, 0.4) is 0 Å². The molecular formula is C9H11Cl2N3. The summed E-state index contributed by atoms with van der Waals surface area (Å²) in [4.78, 5) is 6.31. The molecule has 3 nitrogen and oxygen atoms in total. The Morgan fingerprint density at radius 3 is 2.86 bits per heavy atom. The summed E-state index contributed by atoms with van der Waals surface area (Å²) in [5, 5.41) is 1.15. The summed E-state index contributed by atoms with van der Waals surface area (Å²) in [5.41, 5.74) is 5.60. The van der Waals surface area contributed by atoms with Crippen LogP contribution in [0.4, 0.5) is 5.82 Å². The number of pyridine rings is 1. The standard InChI is InChI=1S/C9H11Cl2N3/c10-6-3-8(11)9(13-5-6)14-2-1-7(14)4-12/h3,5,7H,1-2,4,12H2. The normalized spacial score (nSPS) is 20.8. The third-order valence-corrected chi connectivity index (χ3v) is 2.96. The summed E-state index contributed by atoms with van der Waals surface area (Å²) in [6.07, 6.45) is 2.71. The molecule has 76 valence electrons. The average molecular weight is 232 g/mol. The van der Waals surface area contributed by atoms with Gasteiger partial charge in [0.25, 0.3) is 0 Å². The van der Waals surface area contributed by atoms with Gasteiger partial charge in [-0.3, -0.25) is 0 Å². The van der Waals surface area contributed by atoms with Gasteiger partial charge in [0.2, 0.25) is 0 Å². The fraction of sp³-hybridized carbons (Fsp3) is 0.444. The van der Waals surface area contributed by atoms with Crippen molar-refractivity contribution < 1.29 is 0 Å². The van der Waals surface area contributed by atoms with Crippen LogP contribution in [0.15, 0.2) is 12.3 Å². The molecule has 1 aliphatic rings. The quantitative estimate of drug-likeness (QED) is 0.847. The van der Waals surface area contributed by atoms with Gasteiger partial charge in [0.05, 0.1) is 10.0 Å². The van der Waals surface area contributed by atoms with Gasteiger partial charge >= 0.3 is 0 Å². The minimum atomic E-state index is 0.376. The second kappa shape index (κ2) is 3.93. The molecule has 0 spiro atoms.